The fraction of sp³-hybridized carbons (Fsp3) is 0.833. The smallest absolute Gasteiger partial charge is 0.407 e. The maximum atomic E-state index is 11.2. The van der Waals surface area contributed by atoms with Crippen molar-refractivity contribution in [1.29, 1.82) is 0 Å². The molecule has 112 valence electrons. The summed E-state index contributed by atoms with van der Waals surface area (Å²) in [7, 11) is 0. The number of nitrogens with one attached hydrogen (secondary N) is 1. The Hall–Kier alpha value is -1.34. The Morgan fingerprint density at radius 2 is 1.74 bits per heavy atom. The Labute approximate surface area is 113 Å². The van der Waals surface area contributed by atoms with Crippen LogP contribution in [0, 0.1) is 0 Å². The second kappa shape index (κ2) is 9.57. The Balaban J connectivity index is 3.27. The van der Waals surface area contributed by atoms with E-state index in [1.54, 1.807) is 20.8 Å². The molecule has 1 amide bonds. The lowest BCUT2D eigenvalue weighted by Gasteiger charge is -2.19. The van der Waals surface area contributed by atoms with Crippen molar-refractivity contribution < 1.29 is 28.9 Å². The molecule has 0 radical (unpaired) electrons. The maximum absolute atomic E-state index is 11.2. The van der Waals surface area contributed by atoms with E-state index in [2.05, 4.69) is 5.32 Å². The van der Waals surface area contributed by atoms with Gasteiger partial charge in [0.2, 0.25) is 0 Å². The minimum atomic E-state index is -0.984. The van der Waals surface area contributed by atoms with Gasteiger partial charge in [0.1, 0.15) is 12.2 Å². The first-order valence-electron chi connectivity index (χ1n) is 6.15. The number of amides is 1. The number of hydrogen-bond acceptors (Lipinski definition) is 5. The van der Waals surface area contributed by atoms with Gasteiger partial charge in [-0.15, -0.1) is 0 Å². The number of carboxylic acid groups (broad SMARTS) is 1. The number of carboxylic acids is 1. The lowest BCUT2D eigenvalue weighted by molar-refractivity contribution is -0.142. The number of carbonyl (C=O) groups excluding carboxylic acids is 1. The summed E-state index contributed by atoms with van der Waals surface area (Å²) in [5.41, 5.74) is -0.508. The van der Waals surface area contributed by atoms with Gasteiger partial charge in [-0.2, -0.15) is 0 Å². The molecule has 0 heterocycles. The van der Waals surface area contributed by atoms with E-state index in [1.165, 1.54) is 0 Å². The van der Waals surface area contributed by atoms with Crippen molar-refractivity contribution in [1.82, 2.24) is 5.32 Å². The largest absolute Gasteiger partial charge is 0.480 e. The Morgan fingerprint density at radius 3 is 2.32 bits per heavy atom. The fourth-order valence-electron chi connectivity index (χ4n) is 1.06. The number of carbonyl (C=O) groups is 2. The molecule has 0 aliphatic rings. The average molecular weight is 277 g/mol. The molecule has 0 fully saturated rings. The van der Waals surface area contributed by atoms with Crippen LogP contribution in [0.1, 0.15) is 27.2 Å². The molecule has 0 aliphatic carbocycles. The number of ether oxygens (including phenoxy) is 3. The van der Waals surface area contributed by atoms with Crippen LogP contribution in [0.4, 0.5) is 4.79 Å². The number of hydrogen-bond donors (Lipinski definition) is 2. The molecule has 19 heavy (non-hydrogen) atoms. The quantitative estimate of drug-likeness (QED) is 0.611. The minimum Gasteiger partial charge on any atom is -0.480 e. The molecular weight excluding hydrogens is 254 g/mol. The van der Waals surface area contributed by atoms with Gasteiger partial charge in [-0.05, 0) is 27.2 Å². The maximum Gasteiger partial charge on any atom is 0.407 e. The van der Waals surface area contributed by atoms with Gasteiger partial charge in [0.05, 0.1) is 6.61 Å². The molecule has 7 nitrogen and oxygen atoms in total. The molecule has 0 spiro atoms. The summed E-state index contributed by atoms with van der Waals surface area (Å²) < 4.78 is 15.1. The molecule has 0 saturated heterocycles. The topological polar surface area (TPSA) is 94.1 Å². The third-order valence-electron chi connectivity index (χ3n) is 1.72. The second-order valence-electron chi connectivity index (χ2n) is 4.84. The fourth-order valence-corrected chi connectivity index (χ4v) is 1.06. The van der Waals surface area contributed by atoms with Gasteiger partial charge in [0.25, 0.3) is 0 Å². The van der Waals surface area contributed by atoms with Crippen molar-refractivity contribution in [3.05, 3.63) is 0 Å². The molecule has 0 atom stereocenters. The van der Waals surface area contributed by atoms with Crippen molar-refractivity contribution in [2.45, 2.75) is 32.8 Å². The first-order chi connectivity index (χ1) is 8.81. The van der Waals surface area contributed by atoms with Gasteiger partial charge in [-0.25, -0.2) is 9.59 Å². The van der Waals surface area contributed by atoms with Gasteiger partial charge in [-0.1, -0.05) is 0 Å². The van der Waals surface area contributed by atoms with Crippen LogP contribution < -0.4 is 5.32 Å². The van der Waals surface area contributed by atoms with Crippen molar-refractivity contribution >= 4 is 12.1 Å². The van der Waals surface area contributed by atoms with E-state index in [-0.39, 0.29) is 6.61 Å². The Kier molecular flexibility index (Phi) is 8.90. The SMILES string of the molecule is CC(C)(C)OC(=O)NCCOCCCOCC(=O)O. The van der Waals surface area contributed by atoms with Crippen LogP contribution in [0.3, 0.4) is 0 Å². The van der Waals surface area contributed by atoms with Crippen LogP contribution in [0.15, 0.2) is 0 Å². The van der Waals surface area contributed by atoms with E-state index >= 15 is 0 Å². The Morgan fingerprint density at radius 1 is 1.11 bits per heavy atom. The predicted octanol–water partition coefficient (Wildman–Crippen LogP) is 1.02. The van der Waals surface area contributed by atoms with E-state index in [4.69, 9.17) is 19.3 Å². The van der Waals surface area contributed by atoms with E-state index in [1.807, 2.05) is 0 Å². The number of rotatable bonds is 9. The zero-order chi connectivity index (χ0) is 14.7. The summed E-state index contributed by atoms with van der Waals surface area (Å²) >= 11 is 0. The van der Waals surface area contributed by atoms with Crippen LogP contribution in [-0.4, -0.2) is 55.7 Å². The number of aliphatic carboxylic acids is 1. The molecule has 0 rings (SSSR count). The molecule has 0 bridgehead atoms. The van der Waals surface area contributed by atoms with Gasteiger partial charge in [-0.3, -0.25) is 0 Å². The Bertz CT molecular complexity index is 274. The highest BCUT2D eigenvalue weighted by molar-refractivity contribution is 5.68. The van der Waals surface area contributed by atoms with Crippen LogP contribution in [0.2, 0.25) is 0 Å². The molecule has 0 saturated carbocycles. The summed E-state index contributed by atoms with van der Waals surface area (Å²) in [5, 5.41) is 10.9. The van der Waals surface area contributed by atoms with E-state index < -0.39 is 17.7 Å². The first-order valence-corrected chi connectivity index (χ1v) is 6.15. The van der Waals surface area contributed by atoms with Gasteiger partial charge >= 0.3 is 12.1 Å². The lowest BCUT2D eigenvalue weighted by Crippen LogP contribution is -2.34. The number of alkyl carbamates (subject to hydrolysis) is 1. The van der Waals surface area contributed by atoms with Gasteiger partial charge in [0, 0.05) is 19.8 Å². The molecule has 0 aromatic heterocycles. The monoisotopic (exact) mass is 277 g/mol. The normalized spacial score (nSPS) is 11.1. The summed E-state index contributed by atoms with van der Waals surface area (Å²) in [6.07, 6.45) is 0.139. The highest BCUT2D eigenvalue weighted by atomic mass is 16.6. The second-order valence-corrected chi connectivity index (χ2v) is 4.84. The highest BCUT2D eigenvalue weighted by Crippen LogP contribution is 2.05. The summed E-state index contributed by atoms with van der Waals surface area (Å²) in [6.45, 7) is 6.62. The predicted molar refractivity (Wildman–Crippen MR) is 68.1 cm³/mol. The van der Waals surface area contributed by atoms with Crippen LogP contribution in [0.25, 0.3) is 0 Å². The van der Waals surface area contributed by atoms with Crippen molar-refractivity contribution in [2.24, 2.45) is 0 Å². The summed E-state index contributed by atoms with van der Waals surface area (Å²) in [5.74, 6) is -0.984. The van der Waals surface area contributed by atoms with Gasteiger partial charge in [0.15, 0.2) is 0 Å². The average Bonchev–Trinajstić information content (AvgIpc) is 2.24. The van der Waals surface area contributed by atoms with E-state index in [9.17, 15) is 9.59 Å². The zero-order valence-electron chi connectivity index (χ0n) is 11.7. The molecule has 0 aromatic carbocycles. The minimum absolute atomic E-state index is 0.291. The van der Waals surface area contributed by atoms with Crippen molar-refractivity contribution in [3.63, 3.8) is 0 Å². The third-order valence-corrected chi connectivity index (χ3v) is 1.72. The van der Waals surface area contributed by atoms with Crippen molar-refractivity contribution in [3.8, 4) is 0 Å². The summed E-state index contributed by atoms with van der Waals surface area (Å²) in [4.78, 5) is 21.4. The first kappa shape index (κ1) is 17.7. The van der Waals surface area contributed by atoms with E-state index in [0.717, 1.165) is 0 Å². The zero-order valence-corrected chi connectivity index (χ0v) is 11.7. The molecule has 0 aromatic rings. The summed E-state index contributed by atoms with van der Waals surface area (Å²) in [6, 6.07) is 0. The van der Waals surface area contributed by atoms with Crippen LogP contribution >= 0.6 is 0 Å². The third kappa shape index (κ3) is 14.6. The lowest BCUT2D eigenvalue weighted by atomic mass is 10.2. The molecular formula is C12H23NO6. The van der Waals surface area contributed by atoms with Crippen LogP contribution in [0.5, 0.6) is 0 Å². The van der Waals surface area contributed by atoms with Crippen molar-refractivity contribution in [2.75, 3.05) is 33.0 Å². The van der Waals surface area contributed by atoms with Gasteiger partial charge < -0.3 is 24.6 Å². The van der Waals surface area contributed by atoms with Crippen LogP contribution in [-0.2, 0) is 19.0 Å². The highest BCUT2D eigenvalue weighted by Gasteiger charge is 2.15. The molecule has 0 unspecified atom stereocenters. The molecule has 0 aliphatic heterocycles. The molecule has 7 heteroatoms. The van der Waals surface area contributed by atoms with E-state index in [0.29, 0.717) is 32.8 Å². The molecule has 2 N–H and O–H groups in total. The standard InChI is InChI=1S/C12H23NO6/c1-12(2,3)19-11(16)13-5-8-17-6-4-7-18-9-10(14)15/h4-9H2,1-3H3,(H,13,16)(H,14,15).